The van der Waals surface area contributed by atoms with E-state index in [1.165, 1.54) is 36.4 Å². The van der Waals surface area contributed by atoms with Crippen molar-refractivity contribution < 1.29 is 23.2 Å². The lowest BCUT2D eigenvalue weighted by molar-refractivity contribution is -0.384. The molecule has 1 aliphatic rings. The lowest BCUT2D eigenvalue weighted by Crippen LogP contribution is -2.43. The number of aliphatic hydroxyl groups is 1. The SMILES string of the molecule is O=C(NC[C@@H](O)c1ccc([N+](=O)[O-])cc1)C1(S(=O)(=O)c2ccccc2)CC1. The highest BCUT2D eigenvalue weighted by Crippen LogP contribution is 2.47. The standard InChI is InChI=1S/C18H18N2O6S/c21-16(13-6-8-14(9-7-13)20(23)24)12-19-17(22)18(10-11-18)27(25,26)15-4-2-1-3-5-15/h1-9,16,21H,10-12H2,(H,19,22)/t16-/m1/s1. The van der Waals surface area contributed by atoms with Gasteiger partial charge in [-0.15, -0.1) is 0 Å². The van der Waals surface area contributed by atoms with E-state index in [9.17, 15) is 28.4 Å². The highest BCUT2D eigenvalue weighted by molar-refractivity contribution is 7.94. The van der Waals surface area contributed by atoms with Gasteiger partial charge >= 0.3 is 0 Å². The minimum Gasteiger partial charge on any atom is -0.387 e. The maximum absolute atomic E-state index is 12.8. The number of benzene rings is 2. The van der Waals surface area contributed by atoms with Crippen molar-refractivity contribution in [3.05, 3.63) is 70.3 Å². The van der Waals surface area contributed by atoms with Gasteiger partial charge in [0, 0.05) is 18.7 Å². The number of nitro benzene ring substituents is 1. The summed E-state index contributed by atoms with van der Waals surface area (Å²) in [6, 6.07) is 13.1. The summed E-state index contributed by atoms with van der Waals surface area (Å²) >= 11 is 0. The molecular formula is C18H18N2O6S. The van der Waals surface area contributed by atoms with Crippen molar-refractivity contribution >= 4 is 21.4 Å². The third kappa shape index (κ3) is 3.56. The number of aliphatic hydroxyl groups excluding tert-OH is 1. The van der Waals surface area contributed by atoms with Gasteiger partial charge in [-0.25, -0.2) is 8.42 Å². The van der Waals surface area contributed by atoms with Gasteiger partial charge in [-0.3, -0.25) is 14.9 Å². The first-order valence-electron chi connectivity index (χ1n) is 8.28. The molecule has 8 nitrogen and oxygen atoms in total. The van der Waals surface area contributed by atoms with Crippen LogP contribution >= 0.6 is 0 Å². The van der Waals surface area contributed by atoms with Gasteiger partial charge in [-0.2, -0.15) is 0 Å². The molecule has 0 saturated heterocycles. The second-order valence-electron chi connectivity index (χ2n) is 6.39. The molecular weight excluding hydrogens is 372 g/mol. The largest absolute Gasteiger partial charge is 0.387 e. The van der Waals surface area contributed by atoms with Crippen LogP contribution in [0.5, 0.6) is 0 Å². The van der Waals surface area contributed by atoms with Gasteiger partial charge in [0.1, 0.15) is 0 Å². The Hall–Kier alpha value is -2.78. The van der Waals surface area contributed by atoms with E-state index in [1.807, 2.05) is 0 Å². The quantitative estimate of drug-likeness (QED) is 0.548. The average Bonchev–Trinajstić information content (AvgIpc) is 3.49. The monoisotopic (exact) mass is 390 g/mol. The first-order valence-corrected chi connectivity index (χ1v) is 9.77. The van der Waals surface area contributed by atoms with Crippen molar-refractivity contribution in [3.63, 3.8) is 0 Å². The molecule has 1 amide bonds. The third-order valence-electron chi connectivity index (χ3n) is 4.63. The summed E-state index contributed by atoms with van der Waals surface area (Å²) in [5, 5.41) is 23.3. The van der Waals surface area contributed by atoms with E-state index in [4.69, 9.17) is 0 Å². The van der Waals surface area contributed by atoms with E-state index in [0.29, 0.717) is 5.56 Å². The zero-order valence-electron chi connectivity index (χ0n) is 14.2. The van der Waals surface area contributed by atoms with Gasteiger partial charge in [0.05, 0.1) is 15.9 Å². The molecule has 2 aromatic rings. The second kappa shape index (κ2) is 7.09. The van der Waals surface area contributed by atoms with Crippen molar-refractivity contribution in [2.75, 3.05) is 6.54 Å². The maximum atomic E-state index is 12.8. The molecule has 1 aliphatic carbocycles. The fraction of sp³-hybridized carbons (Fsp3) is 0.278. The lowest BCUT2D eigenvalue weighted by Gasteiger charge is -2.18. The first kappa shape index (κ1) is 19.0. The van der Waals surface area contributed by atoms with Crippen LogP contribution in [0.3, 0.4) is 0 Å². The maximum Gasteiger partial charge on any atom is 0.269 e. The van der Waals surface area contributed by atoms with E-state index in [0.717, 1.165) is 0 Å². The molecule has 9 heteroatoms. The topological polar surface area (TPSA) is 127 Å². The Morgan fingerprint density at radius 3 is 2.26 bits per heavy atom. The number of hydrogen-bond donors (Lipinski definition) is 2. The minimum atomic E-state index is -3.82. The molecule has 0 heterocycles. The Morgan fingerprint density at radius 2 is 1.74 bits per heavy atom. The summed E-state index contributed by atoms with van der Waals surface area (Å²) in [6.07, 6.45) is -0.655. The van der Waals surface area contributed by atoms with Crippen LogP contribution in [0.25, 0.3) is 0 Å². The van der Waals surface area contributed by atoms with Gasteiger partial charge in [0.15, 0.2) is 14.6 Å². The molecule has 27 heavy (non-hydrogen) atoms. The number of amides is 1. The van der Waals surface area contributed by atoms with Crippen molar-refractivity contribution in [3.8, 4) is 0 Å². The number of carbonyl (C=O) groups is 1. The van der Waals surface area contributed by atoms with E-state index < -0.39 is 31.5 Å². The zero-order chi connectivity index (χ0) is 19.7. The Morgan fingerprint density at radius 1 is 1.15 bits per heavy atom. The smallest absolute Gasteiger partial charge is 0.269 e. The summed E-state index contributed by atoms with van der Waals surface area (Å²) < 4.78 is 24.1. The number of nitro groups is 1. The van der Waals surface area contributed by atoms with Crippen LogP contribution in [-0.2, 0) is 14.6 Å². The number of non-ortho nitro benzene ring substituents is 1. The van der Waals surface area contributed by atoms with Crippen molar-refractivity contribution in [1.29, 1.82) is 0 Å². The molecule has 0 bridgehead atoms. The highest BCUT2D eigenvalue weighted by Gasteiger charge is 2.61. The van der Waals surface area contributed by atoms with E-state index in [2.05, 4.69) is 5.32 Å². The van der Waals surface area contributed by atoms with Crippen LogP contribution < -0.4 is 5.32 Å². The van der Waals surface area contributed by atoms with Gasteiger partial charge in [0.25, 0.3) is 5.69 Å². The third-order valence-corrected chi connectivity index (χ3v) is 7.15. The molecule has 0 aliphatic heterocycles. The molecule has 1 saturated carbocycles. The molecule has 0 aromatic heterocycles. The number of carbonyl (C=O) groups excluding carboxylic acids is 1. The Balaban J connectivity index is 1.68. The molecule has 2 N–H and O–H groups in total. The second-order valence-corrected chi connectivity index (χ2v) is 8.64. The van der Waals surface area contributed by atoms with Crippen molar-refractivity contribution in [2.45, 2.75) is 28.6 Å². The van der Waals surface area contributed by atoms with Crippen LogP contribution in [0.1, 0.15) is 24.5 Å². The van der Waals surface area contributed by atoms with E-state index in [-0.39, 0.29) is 30.0 Å². The summed E-state index contributed by atoms with van der Waals surface area (Å²) in [6.45, 7) is -0.192. The molecule has 0 unspecified atom stereocenters. The number of nitrogens with zero attached hydrogens (tertiary/aromatic N) is 1. The molecule has 3 rings (SSSR count). The van der Waals surface area contributed by atoms with Crippen LogP contribution in [0.4, 0.5) is 5.69 Å². The predicted molar refractivity (Wildman–Crippen MR) is 96.7 cm³/mol. The van der Waals surface area contributed by atoms with E-state index in [1.54, 1.807) is 18.2 Å². The molecule has 1 atom stereocenters. The van der Waals surface area contributed by atoms with Crippen LogP contribution in [0.15, 0.2) is 59.5 Å². The Bertz CT molecular complexity index is 953. The highest BCUT2D eigenvalue weighted by atomic mass is 32.2. The van der Waals surface area contributed by atoms with E-state index >= 15 is 0 Å². The number of hydrogen-bond acceptors (Lipinski definition) is 6. The van der Waals surface area contributed by atoms with Crippen molar-refractivity contribution in [2.24, 2.45) is 0 Å². The summed E-state index contributed by atoms with van der Waals surface area (Å²) in [4.78, 5) is 22.7. The Kier molecular flexibility index (Phi) is 4.99. The average molecular weight is 390 g/mol. The fourth-order valence-corrected chi connectivity index (χ4v) is 4.77. The summed E-state index contributed by atoms with van der Waals surface area (Å²) in [5.41, 5.74) is 0.275. The molecule has 2 aromatic carbocycles. The van der Waals surface area contributed by atoms with Crippen LogP contribution in [0.2, 0.25) is 0 Å². The van der Waals surface area contributed by atoms with Gasteiger partial charge in [-0.05, 0) is 42.7 Å². The van der Waals surface area contributed by atoms with Gasteiger partial charge in [-0.1, -0.05) is 18.2 Å². The van der Waals surface area contributed by atoms with Gasteiger partial charge in [0.2, 0.25) is 5.91 Å². The lowest BCUT2D eigenvalue weighted by atomic mass is 10.1. The number of sulfone groups is 1. The van der Waals surface area contributed by atoms with Crippen molar-refractivity contribution in [1.82, 2.24) is 5.32 Å². The minimum absolute atomic E-state index is 0.0913. The summed E-state index contributed by atoms with van der Waals surface area (Å²) in [5.74, 6) is -0.646. The molecule has 0 spiro atoms. The van der Waals surface area contributed by atoms with Crippen LogP contribution in [0, 0.1) is 10.1 Å². The zero-order valence-corrected chi connectivity index (χ0v) is 15.1. The first-order chi connectivity index (χ1) is 12.8. The van der Waals surface area contributed by atoms with Crippen LogP contribution in [-0.4, -0.2) is 35.6 Å². The molecule has 0 radical (unpaired) electrons. The predicted octanol–water partition coefficient (Wildman–Crippen LogP) is 1.75. The number of nitrogens with one attached hydrogen (secondary N) is 1. The molecule has 142 valence electrons. The number of rotatable bonds is 7. The fourth-order valence-electron chi connectivity index (χ4n) is 2.84. The summed E-state index contributed by atoms with van der Waals surface area (Å²) in [7, 11) is -3.82. The Labute approximate surface area is 155 Å². The molecule has 1 fully saturated rings. The van der Waals surface area contributed by atoms with Gasteiger partial charge < -0.3 is 10.4 Å². The normalized spacial score (nSPS) is 16.3.